The van der Waals surface area contributed by atoms with Gasteiger partial charge in [0.05, 0.1) is 12.0 Å². The lowest BCUT2D eigenvalue weighted by Gasteiger charge is -2.15. The van der Waals surface area contributed by atoms with Crippen LogP contribution in [-0.2, 0) is 11.3 Å². The highest BCUT2D eigenvalue weighted by Gasteiger charge is 2.17. The molecule has 0 fully saturated rings. The Hall–Kier alpha value is -2.11. The molecule has 0 spiro atoms. The minimum Gasteiger partial charge on any atom is -0.352 e. The standard InChI is InChI=1S/C14H21N5O/c1-4-13(19-8-5-6-17-19)14(20)15-7-9-18-10-16-11(2)12(18)3/h5-6,8,10,13H,4,7,9H2,1-3H3,(H,15,20)/t13-/m1/s1. The van der Waals surface area contributed by atoms with Crippen LogP contribution in [0.25, 0.3) is 0 Å². The Morgan fingerprint density at radius 3 is 2.80 bits per heavy atom. The maximum Gasteiger partial charge on any atom is 0.244 e. The first kappa shape index (κ1) is 14.3. The van der Waals surface area contributed by atoms with Crippen molar-refractivity contribution < 1.29 is 4.79 Å². The molecule has 2 aromatic rings. The zero-order valence-electron chi connectivity index (χ0n) is 12.2. The highest BCUT2D eigenvalue weighted by Crippen LogP contribution is 2.09. The number of aromatic nitrogens is 4. The molecule has 0 bridgehead atoms. The van der Waals surface area contributed by atoms with Crippen LogP contribution in [0.3, 0.4) is 0 Å². The summed E-state index contributed by atoms with van der Waals surface area (Å²) in [6, 6.07) is 1.59. The predicted octanol–water partition coefficient (Wildman–Crippen LogP) is 1.46. The first-order chi connectivity index (χ1) is 9.63. The molecule has 1 N–H and O–H groups in total. The van der Waals surface area contributed by atoms with Gasteiger partial charge in [0.25, 0.3) is 0 Å². The van der Waals surface area contributed by atoms with Crippen molar-refractivity contribution in [2.45, 2.75) is 39.8 Å². The van der Waals surface area contributed by atoms with Crippen molar-refractivity contribution in [2.75, 3.05) is 6.54 Å². The molecule has 1 amide bonds. The van der Waals surface area contributed by atoms with Gasteiger partial charge in [-0.15, -0.1) is 0 Å². The fourth-order valence-corrected chi connectivity index (χ4v) is 2.14. The van der Waals surface area contributed by atoms with Crippen LogP contribution in [0.5, 0.6) is 0 Å². The third-order valence-corrected chi connectivity index (χ3v) is 3.53. The zero-order chi connectivity index (χ0) is 14.5. The van der Waals surface area contributed by atoms with E-state index in [1.54, 1.807) is 10.9 Å². The first-order valence-corrected chi connectivity index (χ1v) is 6.88. The fraction of sp³-hybridized carbons (Fsp3) is 0.500. The average Bonchev–Trinajstić information content (AvgIpc) is 3.05. The molecule has 0 unspecified atom stereocenters. The van der Waals surface area contributed by atoms with Crippen LogP contribution in [0.1, 0.15) is 30.8 Å². The summed E-state index contributed by atoms with van der Waals surface area (Å²) in [6.45, 7) is 7.31. The Labute approximate surface area is 118 Å². The molecule has 2 rings (SSSR count). The summed E-state index contributed by atoms with van der Waals surface area (Å²) >= 11 is 0. The van der Waals surface area contributed by atoms with Gasteiger partial charge in [-0.3, -0.25) is 9.48 Å². The molecule has 0 saturated carbocycles. The summed E-state index contributed by atoms with van der Waals surface area (Å²) in [5.74, 6) is 0.00527. The van der Waals surface area contributed by atoms with Gasteiger partial charge in [0, 0.05) is 31.2 Å². The van der Waals surface area contributed by atoms with E-state index in [0.29, 0.717) is 6.54 Å². The van der Waals surface area contributed by atoms with Crippen molar-refractivity contribution in [3.8, 4) is 0 Å². The summed E-state index contributed by atoms with van der Waals surface area (Å²) in [7, 11) is 0. The molecular weight excluding hydrogens is 254 g/mol. The number of rotatable bonds is 6. The molecule has 0 aliphatic rings. The fourth-order valence-electron chi connectivity index (χ4n) is 2.14. The number of aryl methyl sites for hydroxylation is 1. The summed E-state index contributed by atoms with van der Waals surface area (Å²) < 4.78 is 3.74. The second kappa shape index (κ2) is 6.36. The number of hydrogen-bond acceptors (Lipinski definition) is 3. The summed E-state index contributed by atoms with van der Waals surface area (Å²) in [5.41, 5.74) is 2.16. The van der Waals surface area contributed by atoms with E-state index in [0.717, 1.165) is 24.4 Å². The number of imidazole rings is 1. The Bertz CT molecular complexity index is 558. The third kappa shape index (κ3) is 3.07. The monoisotopic (exact) mass is 275 g/mol. The van der Waals surface area contributed by atoms with E-state index >= 15 is 0 Å². The van der Waals surface area contributed by atoms with Crippen LogP contribution in [0.2, 0.25) is 0 Å². The van der Waals surface area contributed by atoms with Crippen molar-refractivity contribution in [1.29, 1.82) is 0 Å². The van der Waals surface area contributed by atoms with Gasteiger partial charge in [-0.1, -0.05) is 6.92 Å². The second-order valence-electron chi connectivity index (χ2n) is 4.81. The van der Waals surface area contributed by atoms with Crippen molar-refractivity contribution >= 4 is 5.91 Å². The molecule has 6 heteroatoms. The van der Waals surface area contributed by atoms with E-state index in [4.69, 9.17) is 0 Å². The van der Waals surface area contributed by atoms with Gasteiger partial charge >= 0.3 is 0 Å². The van der Waals surface area contributed by atoms with Crippen molar-refractivity contribution in [3.63, 3.8) is 0 Å². The van der Waals surface area contributed by atoms with E-state index in [2.05, 4.69) is 15.4 Å². The SMILES string of the molecule is CC[C@H](C(=O)NCCn1cnc(C)c1C)n1cccn1. The number of hydrogen-bond donors (Lipinski definition) is 1. The Morgan fingerprint density at radius 2 is 2.25 bits per heavy atom. The minimum absolute atomic E-state index is 0.00527. The van der Waals surface area contributed by atoms with Crippen molar-refractivity contribution in [1.82, 2.24) is 24.6 Å². The van der Waals surface area contributed by atoms with E-state index in [1.807, 2.05) is 43.9 Å². The zero-order valence-corrected chi connectivity index (χ0v) is 12.2. The van der Waals surface area contributed by atoms with Gasteiger partial charge in [-0.05, 0) is 26.3 Å². The molecule has 108 valence electrons. The van der Waals surface area contributed by atoms with Crippen molar-refractivity contribution in [3.05, 3.63) is 36.2 Å². The number of nitrogens with one attached hydrogen (secondary N) is 1. The van der Waals surface area contributed by atoms with Gasteiger partial charge < -0.3 is 9.88 Å². The number of amides is 1. The number of carbonyl (C=O) groups excluding carboxylic acids is 1. The lowest BCUT2D eigenvalue weighted by Crippen LogP contribution is -2.34. The topological polar surface area (TPSA) is 64.7 Å². The highest BCUT2D eigenvalue weighted by molar-refractivity contribution is 5.80. The highest BCUT2D eigenvalue weighted by atomic mass is 16.2. The van der Waals surface area contributed by atoms with Gasteiger partial charge in [-0.2, -0.15) is 5.10 Å². The van der Waals surface area contributed by atoms with E-state index in [-0.39, 0.29) is 11.9 Å². The third-order valence-electron chi connectivity index (χ3n) is 3.53. The molecule has 0 aliphatic carbocycles. The van der Waals surface area contributed by atoms with Gasteiger partial charge in [0.2, 0.25) is 5.91 Å². The van der Waals surface area contributed by atoms with E-state index in [1.165, 1.54) is 0 Å². The van der Waals surface area contributed by atoms with Gasteiger partial charge in [0.1, 0.15) is 6.04 Å². The first-order valence-electron chi connectivity index (χ1n) is 6.88. The molecular formula is C14H21N5O. The predicted molar refractivity (Wildman–Crippen MR) is 76.3 cm³/mol. The largest absolute Gasteiger partial charge is 0.352 e. The normalized spacial score (nSPS) is 12.3. The molecule has 0 aromatic carbocycles. The minimum atomic E-state index is -0.240. The summed E-state index contributed by atoms with van der Waals surface area (Å²) in [6.07, 6.45) is 6.03. The molecule has 20 heavy (non-hydrogen) atoms. The molecule has 0 aliphatic heterocycles. The van der Waals surface area contributed by atoms with Gasteiger partial charge in [-0.25, -0.2) is 4.98 Å². The maximum atomic E-state index is 12.2. The van der Waals surface area contributed by atoms with Crippen LogP contribution in [0.4, 0.5) is 0 Å². The second-order valence-corrected chi connectivity index (χ2v) is 4.81. The van der Waals surface area contributed by atoms with Crippen LogP contribution >= 0.6 is 0 Å². The Balaban J connectivity index is 1.87. The lowest BCUT2D eigenvalue weighted by atomic mass is 10.2. The van der Waals surface area contributed by atoms with E-state index in [9.17, 15) is 4.79 Å². The Kier molecular flexibility index (Phi) is 4.55. The van der Waals surface area contributed by atoms with E-state index < -0.39 is 0 Å². The molecule has 2 aromatic heterocycles. The van der Waals surface area contributed by atoms with Crippen molar-refractivity contribution in [2.24, 2.45) is 0 Å². The molecule has 6 nitrogen and oxygen atoms in total. The van der Waals surface area contributed by atoms with Crippen LogP contribution < -0.4 is 5.32 Å². The summed E-state index contributed by atoms with van der Waals surface area (Å²) in [4.78, 5) is 16.4. The van der Waals surface area contributed by atoms with Crippen LogP contribution in [0.15, 0.2) is 24.8 Å². The van der Waals surface area contributed by atoms with Gasteiger partial charge in [0.15, 0.2) is 0 Å². The van der Waals surface area contributed by atoms with Crippen LogP contribution in [-0.4, -0.2) is 31.8 Å². The smallest absolute Gasteiger partial charge is 0.244 e. The lowest BCUT2D eigenvalue weighted by molar-refractivity contribution is -0.124. The maximum absolute atomic E-state index is 12.2. The number of nitrogens with zero attached hydrogens (tertiary/aromatic N) is 4. The molecule has 0 saturated heterocycles. The Morgan fingerprint density at radius 1 is 1.45 bits per heavy atom. The molecule has 0 radical (unpaired) electrons. The average molecular weight is 275 g/mol. The molecule has 1 atom stereocenters. The molecule has 2 heterocycles. The quantitative estimate of drug-likeness (QED) is 0.868. The van der Waals surface area contributed by atoms with Crippen LogP contribution in [0, 0.1) is 13.8 Å². The number of carbonyl (C=O) groups is 1. The summed E-state index contributed by atoms with van der Waals surface area (Å²) in [5, 5.41) is 7.09.